The zero-order chi connectivity index (χ0) is 15.3. The third-order valence-electron chi connectivity index (χ3n) is 2.36. The second-order valence-corrected chi connectivity index (χ2v) is 4.37. The monoisotopic (exact) mass is 302 g/mol. The van der Waals surface area contributed by atoms with Crippen LogP contribution in [0.3, 0.4) is 0 Å². The lowest BCUT2D eigenvalue weighted by Crippen LogP contribution is -2.34. The van der Waals surface area contributed by atoms with Crippen LogP contribution >= 0.6 is 11.6 Å². The molecule has 0 radical (unpaired) electrons. The van der Waals surface area contributed by atoms with Crippen LogP contribution in [0, 0.1) is 10.1 Å². The maximum absolute atomic E-state index is 10.7. The van der Waals surface area contributed by atoms with Crippen LogP contribution in [0.15, 0.2) is 18.2 Å². The van der Waals surface area contributed by atoms with Crippen LogP contribution in [0.5, 0.6) is 0 Å². The standard InChI is InChI=1S/C11H11ClN2O6/c12-9-3-8(14(19)20)2-1-7(9)4-13(5-10(15)16)6-11(17)18/h1-3H,4-6H2,(H,15,16)(H,17,18). The van der Waals surface area contributed by atoms with E-state index in [1.807, 2.05) is 0 Å². The van der Waals surface area contributed by atoms with Gasteiger partial charge in [-0.15, -0.1) is 0 Å². The van der Waals surface area contributed by atoms with E-state index in [-0.39, 0.29) is 17.3 Å². The summed E-state index contributed by atoms with van der Waals surface area (Å²) in [5.41, 5.74) is 0.224. The summed E-state index contributed by atoms with van der Waals surface area (Å²) < 4.78 is 0. The summed E-state index contributed by atoms with van der Waals surface area (Å²) in [6.07, 6.45) is 0. The van der Waals surface area contributed by atoms with Crippen molar-refractivity contribution in [3.05, 3.63) is 38.9 Å². The average molecular weight is 303 g/mol. The first kappa shape index (κ1) is 15.9. The summed E-state index contributed by atoms with van der Waals surface area (Å²) in [6.45, 7) is -0.978. The molecule has 0 spiro atoms. The molecule has 0 heterocycles. The Labute approximate surface area is 118 Å². The predicted octanol–water partition coefficient (Wildman–Crippen LogP) is 1.22. The van der Waals surface area contributed by atoms with Gasteiger partial charge in [0.1, 0.15) is 0 Å². The van der Waals surface area contributed by atoms with Crippen LogP contribution in [0.1, 0.15) is 5.56 Å². The number of nitro groups is 1. The van der Waals surface area contributed by atoms with Gasteiger partial charge < -0.3 is 10.2 Å². The van der Waals surface area contributed by atoms with Gasteiger partial charge in [-0.3, -0.25) is 24.6 Å². The van der Waals surface area contributed by atoms with E-state index < -0.39 is 30.0 Å². The Hall–Kier alpha value is -2.19. The molecule has 0 atom stereocenters. The number of aliphatic carboxylic acids is 2. The summed E-state index contributed by atoms with van der Waals surface area (Å²) in [7, 11) is 0. The molecule has 1 aromatic rings. The van der Waals surface area contributed by atoms with Crippen molar-refractivity contribution in [3.8, 4) is 0 Å². The minimum absolute atomic E-state index is 0.0323. The number of nitrogens with zero attached hydrogens (tertiary/aromatic N) is 2. The van der Waals surface area contributed by atoms with Crippen molar-refractivity contribution in [2.45, 2.75) is 6.54 Å². The zero-order valence-electron chi connectivity index (χ0n) is 10.2. The Kier molecular flexibility index (Phi) is 5.42. The fraction of sp³-hybridized carbons (Fsp3) is 0.273. The van der Waals surface area contributed by atoms with Crippen molar-refractivity contribution < 1.29 is 24.7 Å². The quantitative estimate of drug-likeness (QED) is 0.573. The Balaban J connectivity index is 2.90. The molecule has 1 rings (SSSR count). The van der Waals surface area contributed by atoms with E-state index in [9.17, 15) is 19.7 Å². The topological polar surface area (TPSA) is 121 Å². The highest BCUT2D eigenvalue weighted by Gasteiger charge is 2.16. The van der Waals surface area contributed by atoms with Crippen LogP contribution in [0.25, 0.3) is 0 Å². The summed E-state index contributed by atoms with van der Waals surface area (Å²) in [4.78, 5) is 32.4. The first-order valence-electron chi connectivity index (χ1n) is 5.38. The van der Waals surface area contributed by atoms with Gasteiger partial charge in [-0.05, 0) is 11.6 Å². The van der Waals surface area contributed by atoms with Gasteiger partial charge in [0.2, 0.25) is 0 Å². The maximum atomic E-state index is 10.7. The van der Waals surface area contributed by atoms with Crippen LogP contribution in [-0.4, -0.2) is 45.1 Å². The third kappa shape index (κ3) is 4.82. The van der Waals surface area contributed by atoms with Crippen molar-refractivity contribution in [3.63, 3.8) is 0 Å². The fourth-order valence-corrected chi connectivity index (χ4v) is 1.80. The molecule has 0 unspecified atom stereocenters. The first-order chi connectivity index (χ1) is 9.29. The number of benzene rings is 1. The minimum atomic E-state index is -1.18. The normalized spacial score (nSPS) is 10.5. The molecule has 0 aliphatic rings. The van der Waals surface area contributed by atoms with Gasteiger partial charge in [0.25, 0.3) is 5.69 Å². The molecule has 0 saturated carbocycles. The number of hydrogen-bond acceptors (Lipinski definition) is 5. The average Bonchev–Trinajstić information content (AvgIpc) is 2.29. The second-order valence-electron chi connectivity index (χ2n) is 3.97. The minimum Gasteiger partial charge on any atom is -0.480 e. The predicted molar refractivity (Wildman–Crippen MR) is 68.7 cm³/mol. The number of non-ortho nitro benzene ring substituents is 1. The SMILES string of the molecule is O=C(O)CN(CC(=O)O)Cc1ccc([N+](=O)[O-])cc1Cl. The number of halogens is 1. The largest absolute Gasteiger partial charge is 0.480 e. The van der Waals surface area contributed by atoms with Gasteiger partial charge in [0.15, 0.2) is 0 Å². The molecule has 9 heteroatoms. The Morgan fingerprint density at radius 1 is 1.25 bits per heavy atom. The lowest BCUT2D eigenvalue weighted by molar-refractivity contribution is -0.384. The smallest absolute Gasteiger partial charge is 0.317 e. The molecule has 0 bridgehead atoms. The molecule has 108 valence electrons. The van der Waals surface area contributed by atoms with E-state index in [0.717, 1.165) is 11.0 Å². The molecule has 20 heavy (non-hydrogen) atoms. The van der Waals surface area contributed by atoms with E-state index in [0.29, 0.717) is 5.56 Å². The number of carbonyl (C=O) groups is 2. The number of nitro benzene ring substituents is 1. The van der Waals surface area contributed by atoms with Gasteiger partial charge >= 0.3 is 11.9 Å². The van der Waals surface area contributed by atoms with E-state index in [1.165, 1.54) is 12.1 Å². The lowest BCUT2D eigenvalue weighted by Gasteiger charge is -2.18. The Morgan fingerprint density at radius 2 is 1.80 bits per heavy atom. The van der Waals surface area contributed by atoms with Crippen molar-refractivity contribution >= 4 is 29.2 Å². The van der Waals surface area contributed by atoms with Crippen molar-refractivity contribution in [2.75, 3.05) is 13.1 Å². The fourth-order valence-electron chi connectivity index (χ4n) is 1.57. The molecule has 0 saturated heterocycles. The van der Waals surface area contributed by atoms with Gasteiger partial charge in [-0.2, -0.15) is 0 Å². The highest BCUT2D eigenvalue weighted by atomic mass is 35.5. The van der Waals surface area contributed by atoms with Crippen LogP contribution < -0.4 is 0 Å². The van der Waals surface area contributed by atoms with E-state index >= 15 is 0 Å². The van der Waals surface area contributed by atoms with E-state index in [4.69, 9.17) is 21.8 Å². The molecule has 0 aromatic heterocycles. The van der Waals surface area contributed by atoms with Crippen molar-refractivity contribution in [1.82, 2.24) is 4.90 Å². The Morgan fingerprint density at radius 3 is 2.20 bits per heavy atom. The van der Waals surface area contributed by atoms with Crippen molar-refractivity contribution in [1.29, 1.82) is 0 Å². The Bertz CT molecular complexity index is 532. The molecule has 2 N–H and O–H groups in total. The molecule has 0 amide bonds. The molecule has 0 aliphatic heterocycles. The van der Waals surface area contributed by atoms with Gasteiger partial charge in [-0.1, -0.05) is 11.6 Å². The lowest BCUT2D eigenvalue weighted by atomic mass is 10.2. The van der Waals surface area contributed by atoms with Gasteiger partial charge in [-0.25, -0.2) is 0 Å². The molecule has 0 fully saturated rings. The number of carboxylic acids is 2. The first-order valence-corrected chi connectivity index (χ1v) is 5.76. The van der Waals surface area contributed by atoms with Crippen LogP contribution in [-0.2, 0) is 16.1 Å². The molecule has 8 nitrogen and oxygen atoms in total. The van der Waals surface area contributed by atoms with Gasteiger partial charge in [0.05, 0.1) is 23.0 Å². The second kappa shape index (κ2) is 6.83. The summed E-state index contributed by atoms with van der Waals surface area (Å²) >= 11 is 5.86. The van der Waals surface area contributed by atoms with Crippen LogP contribution in [0.2, 0.25) is 5.02 Å². The highest BCUT2D eigenvalue weighted by molar-refractivity contribution is 6.31. The zero-order valence-corrected chi connectivity index (χ0v) is 10.9. The summed E-state index contributed by atoms with van der Waals surface area (Å²) in [5.74, 6) is -2.35. The molecule has 0 aliphatic carbocycles. The number of hydrogen-bond donors (Lipinski definition) is 2. The van der Waals surface area contributed by atoms with Crippen LogP contribution in [0.4, 0.5) is 5.69 Å². The maximum Gasteiger partial charge on any atom is 0.317 e. The van der Waals surface area contributed by atoms with E-state index in [1.54, 1.807) is 0 Å². The third-order valence-corrected chi connectivity index (χ3v) is 2.71. The van der Waals surface area contributed by atoms with Crippen molar-refractivity contribution in [2.24, 2.45) is 0 Å². The summed E-state index contributed by atoms with van der Waals surface area (Å²) in [6, 6.07) is 3.73. The van der Waals surface area contributed by atoms with Gasteiger partial charge in [0, 0.05) is 18.7 Å². The molecule has 1 aromatic carbocycles. The summed E-state index contributed by atoms with van der Waals surface area (Å²) in [5, 5.41) is 28.1. The number of carboxylic acid groups (broad SMARTS) is 2. The number of rotatable bonds is 7. The molecular weight excluding hydrogens is 292 g/mol. The highest BCUT2D eigenvalue weighted by Crippen LogP contribution is 2.23. The molecular formula is C11H11ClN2O6. The van der Waals surface area contributed by atoms with E-state index in [2.05, 4.69) is 0 Å².